The zero-order chi connectivity index (χ0) is 14.4. The molecule has 0 heterocycles. The Hall–Kier alpha value is -2.44. The second-order valence-electron chi connectivity index (χ2n) is 3.91. The molecule has 3 N–H and O–H groups in total. The lowest BCUT2D eigenvalue weighted by Crippen LogP contribution is -2.42. The van der Waals surface area contributed by atoms with Crippen LogP contribution in [0.2, 0.25) is 0 Å². The van der Waals surface area contributed by atoms with Gasteiger partial charge in [0.15, 0.2) is 0 Å². The lowest BCUT2D eigenvalue weighted by molar-refractivity contribution is -0.145. The summed E-state index contributed by atoms with van der Waals surface area (Å²) in [7, 11) is 0. The standard InChI is InChI=1S/C12H13FN2O4/c13-9-3-1-8(2-4-9)5-11(17)15(6-10(14)16)7-12(18)19/h1-4H,5-7H2,(H2,14,16)(H,18,19). The zero-order valence-corrected chi connectivity index (χ0v) is 10.0. The van der Waals surface area contributed by atoms with E-state index in [1.807, 2.05) is 0 Å². The Balaban J connectivity index is 2.73. The molecule has 102 valence electrons. The molecule has 0 saturated carbocycles. The van der Waals surface area contributed by atoms with Crippen molar-refractivity contribution < 1.29 is 23.9 Å². The Morgan fingerprint density at radius 1 is 1.16 bits per heavy atom. The monoisotopic (exact) mass is 268 g/mol. The van der Waals surface area contributed by atoms with Crippen LogP contribution in [0, 0.1) is 5.82 Å². The number of hydrogen-bond acceptors (Lipinski definition) is 3. The lowest BCUT2D eigenvalue weighted by atomic mass is 10.1. The summed E-state index contributed by atoms with van der Waals surface area (Å²) in [5.74, 6) is -3.04. The summed E-state index contributed by atoms with van der Waals surface area (Å²) in [5, 5.41) is 8.65. The van der Waals surface area contributed by atoms with Crippen LogP contribution in [-0.4, -0.2) is 40.9 Å². The van der Waals surface area contributed by atoms with Gasteiger partial charge < -0.3 is 15.7 Å². The predicted molar refractivity (Wildman–Crippen MR) is 63.5 cm³/mol. The number of rotatable bonds is 6. The maximum atomic E-state index is 12.7. The highest BCUT2D eigenvalue weighted by Crippen LogP contribution is 2.05. The number of aliphatic carboxylic acids is 1. The molecule has 0 aliphatic rings. The Morgan fingerprint density at radius 2 is 1.74 bits per heavy atom. The minimum Gasteiger partial charge on any atom is -0.480 e. The molecule has 0 spiro atoms. The fourth-order valence-electron chi connectivity index (χ4n) is 1.47. The predicted octanol–water partition coefficient (Wildman–Crippen LogP) is -0.233. The van der Waals surface area contributed by atoms with Crippen LogP contribution in [0.5, 0.6) is 0 Å². The van der Waals surface area contributed by atoms with E-state index in [1.165, 1.54) is 24.3 Å². The van der Waals surface area contributed by atoms with Gasteiger partial charge >= 0.3 is 5.97 Å². The number of nitrogens with zero attached hydrogens (tertiary/aromatic N) is 1. The Labute approximate surface area is 108 Å². The van der Waals surface area contributed by atoms with Crippen LogP contribution in [-0.2, 0) is 20.8 Å². The molecule has 1 rings (SSSR count). The third-order valence-electron chi connectivity index (χ3n) is 2.29. The van der Waals surface area contributed by atoms with Crippen molar-refractivity contribution in [2.75, 3.05) is 13.1 Å². The van der Waals surface area contributed by atoms with Crippen LogP contribution < -0.4 is 5.73 Å². The Bertz CT molecular complexity index is 471. The fourth-order valence-corrected chi connectivity index (χ4v) is 1.47. The molecule has 6 nitrogen and oxygen atoms in total. The number of halogens is 1. The van der Waals surface area contributed by atoms with E-state index in [0.29, 0.717) is 5.56 Å². The van der Waals surface area contributed by atoms with Crippen LogP contribution >= 0.6 is 0 Å². The molecule has 0 aromatic heterocycles. The minimum atomic E-state index is -1.24. The fraction of sp³-hybridized carbons (Fsp3) is 0.250. The van der Waals surface area contributed by atoms with Crippen molar-refractivity contribution in [3.8, 4) is 0 Å². The third kappa shape index (κ3) is 5.15. The van der Waals surface area contributed by atoms with Crippen LogP contribution in [0.1, 0.15) is 5.56 Å². The van der Waals surface area contributed by atoms with Gasteiger partial charge in [0, 0.05) is 0 Å². The van der Waals surface area contributed by atoms with E-state index >= 15 is 0 Å². The van der Waals surface area contributed by atoms with Crippen molar-refractivity contribution in [1.29, 1.82) is 0 Å². The third-order valence-corrected chi connectivity index (χ3v) is 2.29. The molecule has 0 saturated heterocycles. The number of carbonyl (C=O) groups is 3. The van der Waals surface area contributed by atoms with Crippen LogP contribution in [0.15, 0.2) is 24.3 Å². The van der Waals surface area contributed by atoms with Crippen LogP contribution in [0.4, 0.5) is 4.39 Å². The molecule has 1 aromatic carbocycles. The quantitative estimate of drug-likeness (QED) is 0.744. The van der Waals surface area contributed by atoms with E-state index in [1.54, 1.807) is 0 Å². The molecule has 1 aromatic rings. The first-order chi connectivity index (χ1) is 8.88. The molecule has 19 heavy (non-hydrogen) atoms. The van der Waals surface area contributed by atoms with Crippen LogP contribution in [0.25, 0.3) is 0 Å². The summed E-state index contributed by atoms with van der Waals surface area (Å²) in [6.45, 7) is -1.07. The molecule has 0 radical (unpaired) electrons. The first-order valence-electron chi connectivity index (χ1n) is 5.41. The smallest absolute Gasteiger partial charge is 0.323 e. The van der Waals surface area contributed by atoms with Crippen LogP contribution in [0.3, 0.4) is 0 Å². The molecule has 0 aliphatic carbocycles. The van der Waals surface area contributed by atoms with Crippen molar-refractivity contribution in [2.24, 2.45) is 5.73 Å². The van der Waals surface area contributed by atoms with E-state index < -0.39 is 36.7 Å². The highest BCUT2D eigenvalue weighted by Gasteiger charge is 2.18. The Kier molecular flexibility index (Phi) is 4.99. The minimum absolute atomic E-state index is 0.124. The van der Waals surface area contributed by atoms with Gasteiger partial charge in [0.2, 0.25) is 11.8 Å². The SMILES string of the molecule is NC(=O)CN(CC(=O)O)C(=O)Cc1ccc(F)cc1. The summed E-state index contributed by atoms with van der Waals surface area (Å²) in [5.41, 5.74) is 5.46. The maximum Gasteiger partial charge on any atom is 0.323 e. The zero-order valence-electron chi connectivity index (χ0n) is 10.0. The number of benzene rings is 1. The van der Waals surface area contributed by atoms with Gasteiger partial charge in [0.25, 0.3) is 0 Å². The Morgan fingerprint density at radius 3 is 2.21 bits per heavy atom. The number of hydrogen-bond donors (Lipinski definition) is 2. The molecule has 7 heteroatoms. The van der Waals surface area contributed by atoms with Gasteiger partial charge in [-0.1, -0.05) is 12.1 Å². The van der Waals surface area contributed by atoms with Gasteiger partial charge in [-0.3, -0.25) is 14.4 Å². The maximum absolute atomic E-state index is 12.7. The highest BCUT2D eigenvalue weighted by atomic mass is 19.1. The molecular formula is C12H13FN2O4. The molecule has 0 atom stereocenters. The molecule has 2 amide bonds. The highest BCUT2D eigenvalue weighted by molar-refractivity contribution is 5.87. The van der Waals surface area contributed by atoms with Crippen molar-refractivity contribution in [3.63, 3.8) is 0 Å². The number of amides is 2. The number of carbonyl (C=O) groups excluding carboxylic acids is 2. The van der Waals surface area contributed by atoms with Gasteiger partial charge in [0.05, 0.1) is 13.0 Å². The van der Waals surface area contributed by atoms with Crippen molar-refractivity contribution in [3.05, 3.63) is 35.6 Å². The first kappa shape index (κ1) is 14.6. The second-order valence-corrected chi connectivity index (χ2v) is 3.91. The summed E-state index contributed by atoms with van der Waals surface area (Å²) in [4.78, 5) is 34.0. The molecule has 0 fully saturated rings. The van der Waals surface area contributed by atoms with E-state index in [0.717, 1.165) is 4.90 Å². The van der Waals surface area contributed by atoms with Gasteiger partial charge in [-0.2, -0.15) is 0 Å². The van der Waals surface area contributed by atoms with Gasteiger partial charge in [-0.05, 0) is 17.7 Å². The van der Waals surface area contributed by atoms with Gasteiger partial charge in [0.1, 0.15) is 12.4 Å². The van der Waals surface area contributed by atoms with E-state index in [4.69, 9.17) is 10.8 Å². The molecule has 0 bridgehead atoms. The summed E-state index contributed by atoms with van der Waals surface area (Å²) >= 11 is 0. The molecule has 0 unspecified atom stereocenters. The number of primary amides is 1. The molecular weight excluding hydrogens is 255 g/mol. The topological polar surface area (TPSA) is 101 Å². The normalized spacial score (nSPS) is 9.95. The second kappa shape index (κ2) is 6.48. The van der Waals surface area contributed by atoms with Crippen molar-refractivity contribution in [2.45, 2.75) is 6.42 Å². The van der Waals surface area contributed by atoms with Crippen molar-refractivity contribution >= 4 is 17.8 Å². The largest absolute Gasteiger partial charge is 0.480 e. The van der Waals surface area contributed by atoms with Gasteiger partial charge in [-0.25, -0.2) is 4.39 Å². The number of carboxylic acid groups (broad SMARTS) is 1. The summed E-state index contributed by atoms with van der Waals surface area (Å²) in [6, 6.07) is 5.21. The van der Waals surface area contributed by atoms with Crippen molar-refractivity contribution in [1.82, 2.24) is 4.90 Å². The number of carboxylic acids is 1. The van der Waals surface area contributed by atoms with E-state index in [9.17, 15) is 18.8 Å². The molecule has 0 aliphatic heterocycles. The first-order valence-corrected chi connectivity index (χ1v) is 5.41. The van der Waals surface area contributed by atoms with Gasteiger partial charge in [-0.15, -0.1) is 0 Å². The summed E-state index contributed by atoms with van der Waals surface area (Å²) < 4.78 is 12.7. The summed E-state index contributed by atoms with van der Waals surface area (Å²) in [6.07, 6.45) is -0.124. The average Bonchev–Trinajstić information content (AvgIpc) is 2.30. The lowest BCUT2D eigenvalue weighted by Gasteiger charge is -2.18. The number of nitrogens with two attached hydrogens (primary N) is 1. The average molecular weight is 268 g/mol. The van der Waals surface area contributed by atoms with E-state index in [2.05, 4.69) is 0 Å². The van der Waals surface area contributed by atoms with E-state index in [-0.39, 0.29) is 6.42 Å².